The number of rotatable bonds is 8. The van der Waals surface area contributed by atoms with Gasteiger partial charge in [0, 0.05) is 13.1 Å². The SMILES string of the molecule is CCN(CC)S(=O)(=O)c1sc(C)c([NH2+]C2=NS(=O)N=C2NC(c2cc(C(C)C)co2)C(C)(C)C)c1O. The fraction of sp³-hybridized carbons (Fsp3) is 0.565. The summed E-state index contributed by atoms with van der Waals surface area (Å²) >= 11 is -0.849. The molecule has 36 heavy (non-hydrogen) atoms. The van der Waals surface area contributed by atoms with Crippen LogP contribution in [0.15, 0.2) is 29.8 Å². The summed E-state index contributed by atoms with van der Waals surface area (Å²) in [7, 11) is -3.85. The van der Waals surface area contributed by atoms with E-state index in [9.17, 15) is 17.7 Å². The molecule has 2 aromatic heterocycles. The summed E-state index contributed by atoms with van der Waals surface area (Å²) in [4.78, 5) is 0.595. The molecule has 10 nitrogen and oxygen atoms in total. The Labute approximate surface area is 219 Å². The van der Waals surface area contributed by atoms with Gasteiger partial charge in [-0.25, -0.2) is 12.6 Å². The summed E-state index contributed by atoms with van der Waals surface area (Å²) < 4.78 is 53.7. The van der Waals surface area contributed by atoms with E-state index in [1.807, 2.05) is 6.07 Å². The van der Waals surface area contributed by atoms with Crippen LogP contribution in [0.5, 0.6) is 5.75 Å². The van der Waals surface area contributed by atoms with Crippen molar-refractivity contribution in [1.82, 2.24) is 9.62 Å². The number of hydrogen-bond acceptors (Lipinski definition) is 7. The zero-order chi connectivity index (χ0) is 27.0. The van der Waals surface area contributed by atoms with Crippen LogP contribution in [0.25, 0.3) is 0 Å². The van der Waals surface area contributed by atoms with Crippen LogP contribution in [0.2, 0.25) is 0 Å². The smallest absolute Gasteiger partial charge is 0.284 e. The minimum absolute atomic E-state index is 0.120. The van der Waals surface area contributed by atoms with E-state index in [2.05, 4.69) is 48.7 Å². The number of quaternary nitrogens is 1. The lowest BCUT2D eigenvalue weighted by atomic mass is 9.84. The van der Waals surface area contributed by atoms with Crippen molar-refractivity contribution in [1.29, 1.82) is 0 Å². The summed E-state index contributed by atoms with van der Waals surface area (Å²) in [6.07, 6.45) is 1.74. The quantitative estimate of drug-likeness (QED) is 0.453. The normalized spacial score (nSPS) is 17.6. The topological polar surface area (TPSA) is 141 Å². The van der Waals surface area contributed by atoms with Gasteiger partial charge in [0.25, 0.3) is 27.0 Å². The Morgan fingerprint density at radius 2 is 1.89 bits per heavy atom. The minimum Gasteiger partial charge on any atom is -0.501 e. The highest BCUT2D eigenvalue weighted by atomic mass is 32.2. The van der Waals surface area contributed by atoms with Crippen LogP contribution in [-0.4, -0.2) is 46.8 Å². The number of nitrogens with two attached hydrogens (primary N) is 1. The molecule has 0 bridgehead atoms. The zero-order valence-corrected chi connectivity index (χ0v) is 24.4. The first kappa shape index (κ1) is 28.5. The molecule has 4 N–H and O–H groups in total. The molecule has 13 heteroatoms. The molecule has 0 saturated heterocycles. The third-order valence-corrected chi connectivity index (χ3v) is 10.3. The predicted octanol–water partition coefficient (Wildman–Crippen LogP) is 3.47. The van der Waals surface area contributed by atoms with E-state index in [4.69, 9.17) is 4.42 Å². The highest BCUT2D eigenvalue weighted by Crippen LogP contribution is 2.40. The van der Waals surface area contributed by atoms with Crippen molar-refractivity contribution in [2.24, 2.45) is 14.2 Å². The van der Waals surface area contributed by atoms with Crippen LogP contribution in [0.1, 0.15) is 76.6 Å². The van der Waals surface area contributed by atoms with Gasteiger partial charge in [0.05, 0.1) is 17.2 Å². The summed E-state index contributed by atoms with van der Waals surface area (Å²) in [6.45, 7) is 16.1. The van der Waals surface area contributed by atoms with Crippen molar-refractivity contribution in [2.45, 2.75) is 71.6 Å². The maximum absolute atomic E-state index is 13.0. The van der Waals surface area contributed by atoms with Gasteiger partial charge < -0.3 is 14.8 Å². The van der Waals surface area contributed by atoms with E-state index in [-0.39, 0.29) is 33.1 Å². The van der Waals surface area contributed by atoms with Crippen LogP contribution in [-0.2, 0) is 21.2 Å². The van der Waals surface area contributed by atoms with Crippen molar-refractivity contribution >= 4 is 49.9 Å². The second-order valence-corrected chi connectivity index (χ2v) is 14.2. The molecule has 0 radical (unpaired) electrons. The van der Waals surface area contributed by atoms with Gasteiger partial charge in [-0.05, 0) is 29.9 Å². The van der Waals surface area contributed by atoms with Gasteiger partial charge in [-0.2, -0.15) is 4.31 Å². The van der Waals surface area contributed by atoms with Crippen LogP contribution < -0.4 is 10.6 Å². The molecule has 3 heterocycles. The van der Waals surface area contributed by atoms with E-state index in [0.29, 0.717) is 35.3 Å². The lowest BCUT2D eigenvalue weighted by Gasteiger charge is -2.30. The van der Waals surface area contributed by atoms with Gasteiger partial charge >= 0.3 is 0 Å². The molecule has 200 valence electrons. The molecule has 0 aromatic carbocycles. The fourth-order valence-electron chi connectivity index (χ4n) is 3.82. The number of amidine groups is 2. The first-order chi connectivity index (χ1) is 16.7. The van der Waals surface area contributed by atoms with Gasteiger partial charge in [-0.3, -0.25) is 5.32 Å². The van der Waals surface area contributed by atoms with Crippen LogP contribution in [0.4, 0.5) is 5.69 Å². The molecule has 1 aliphatic rings. The van der Waals surface area contributed by atoms with E-state index < -0.39 is 21.2 Å². The first-order valence-corrected chi connectivity index (χ1v) is 15.1. The molecule has 0 fully saturated rings. The first-order valence-electron chi connectivity index (χ1n) is 11.8. The number of hydrogen-bond donors (Lipinski definition) is 3. The van der Waals surface area contributed by atoms with Gasteiger partial charge in [0.1, 0.15) is 5.76 Å². The summed E-state index contributed by atoms with van der Waals surface area (Å²) in [5.74, 6) is 1.23. The molecule has 0 saturated carbocycles. The molecule has 2 unspecified atom stereocenters. The highest BCUT2D eigenvalue weighted by molar-refractivity contribution is 7.91. The molecule has 0 amide bonds. The van der Waals surface area contributed by atoms with E-state index in [1.54, 1.807) is 27.0 Å². The molecule has 2 aromatic rings. The Bertz CT molecular complexity index is 1300. The largest absolute Gasteiger partial charge is 0.501 e. The number of nitrogens with one attached hydrogen (secondary N) is 1. The van der Waals surface area contributed by atoms with Crippen molar-refractivity contribution in [2.75, 3.05) is 13.1 Å². The Kier molecular flexibility index (Phi) is 8.50. The number of sulfonamides is 1. The third-order valence-electron chi connectivity index (χ3n) is 5.96. The highest BCUT2D eigenvalue weighted by Gasteiger charge is 2.37. The average molecular weight is 559 g/mol. The second-order valence-electron chi connectivity index (χ2n) is 9.97. The van der Waals surface area contributed by atoms with Crippen molar-refractivity contribution in [3.8, 4) is 5.75 Å². The number of aromatic hydroxyl groups is 1. The van der Waals surface area contributed by atoms with E-state index >= 15 is 0 Å². The van der Waals surface area contributed by atoms with E-state index in [1.165, 1.54) is 9.62 Å². The third kappa shape index (κ3) is 5.75. The van der Waals surface area contributed by atoms with Crippen LogP contribution in [0.3, 0.4) is 0 Å². The number of thiophene rings is 1. The molecule has 1 aliphatic heterocycles. The van der Waals surface area contributed by atoms with Gasteiger partial charge in [-0.1, -0.05) is 48.5 Å². The number of aryl methyl sites for hydroxylation is 1. The zero-order valence-electron chi connectivity index (χ0n) is 21.9. The summed E-state index contributed by atoms with van der Waals surface area (Å²) in [5.41, 5.74) is 1.08. The van der Waals surface area contributed by atoms with E-state index in [0.717, 1.165) is 16.9 Å². The second kappa shape index (κ2) is 10.7. The molecule has 2 atom stereocenters. The Morgan fingerprint density at radius 1 is 1.25 bits per heavy atom. The number of nitrogens with zero attached hydrogens (tertiary/aromatic N) is 3. The van der Waals surface area contributed by atoms with Crippen molar-refractivity contribution in [3.05, 3.63) is 28.5 Å². The standard InChI is InChI=1S/C23H35N5O5S3/c1-9-28(10-2)36(31,32)22-18(29)17(14(5)34-22)24-20-21(27-35(30)26-20)25-19(23(6,7)8)16-11-15(12-33-16)13(3)4/h11-13,19,29H,9-10H2,1-8H3,(H,24,26)(H,25,27)/p+1. The molecular formula is C23H36N5O5S3+. The Hall–Kier alpha value is -2.06. The lowest BCUT2D eigenvalue weighted by molar-refractivity contribution is -0.440. The van der Waals surface area contributed by atoms with Crippen molar-refractivity contribution < 1.29 is 27.5 Å². The monoisotopic (exact) mass is 558 g/mol. The van der Waals surface area contributed by atoms with Gasteiger partial charge in [-0.15, -0.1) is 20.1 Å². The molecule has 3 rings (SSSR count). The maximum atomic E-state index is 13.0. The summed E-state index contributed by atoms with van der Waals surface area (Å²) in [5, 5.41) is 15.8. The van der Waals surface area contributed by atoms with Gasteiger partial charge in [0.2, 0.25) is 11.6 Å². The number of furan rings is 1. The predicted molar refractivity (Wildman–Crippen MR) is 144 cm³/mol. The fourth-order valence-corrected chi connectivity index (χ4v) is 7.60. The lowest BCUT2D eigenvalue weighted by Crippen LogP contribution is -2.85. The minimum atomic E-state index is -3.85. The van der Waals surface area contributed by atoms with Crippen molar-refractivity contribution in [3.63, 3.8) is 0 Å². The van der Waals surface area contributed by atoms with Crippen LogP contribution >= 0.6 is 11.3 Å². The Morgan fingerprint density at radius 3 is 2.42 bits per heavy atom. The summed E-state index contributed by atoms with van der Waals surface area (Å²) in [6, 6.07) is 1.69. The molecular weight excluding hydrogens is 522 g/mol. The average Bonchev–Trinajstić information content (AvgIpc) is 3.46. The molecule has 0 aliphatic carbocycles. The molecule has 0 spiro atoms. The Balaban J connectivity index is 1.93. The maximum Gasteiger partial charge on any atom is 0.284 e. The van der Waals surface area contributed by atoms with Gasteiger partial charge in [0.15, 0.2) is 9.90 Å². The van der Waals surface area contributed by atoms with Crippen LogP contribution in [0, 0.1) is 12.3 Å².